The van der Waals surface area contributed by atoms with Crippen LogP contribution in [-0.4, -0.2) is 33.7 Å². The van der Waals surface area contributed by atoms with Gasteiger partial charge in [-0.05, 0) is 49.1 Å². The van der Waals surface area contributed by atoms with Gasteiger partial charge in [0, 0.05) is 31.9 Å². The van der Waals surface area contributed by atoms with Crippen LogP contribution in [0.3, 0.4) is 0 Å². The molecule has 128 valence electrons. The summed E-state index contributed by atoms with van der Waals surface area (Å²) >= 11 is 0. The number of nitrogens with zero attached hydrogens (tertiary/aromatic N) is 2. The maximum Gasteiger partial charge on any atom is 0.107 e. The molecule has 0 amide bonds. The standard InChI is InChI=1S/C20H26FN3/c1-5-6-7-17(2)20(23-16-22-3)13-10-18-8-11-19(12-9-18)24(4)15-14-21/h6-9,11-12,16H,5,14-15H2,1-4H3,(H,22,23)/b7-6+,20-17-. The van der Waals surface area contributed by atoms with E-state index in [4.69, 9.17) is 0 Å². The molecule has 0 aliphatic rings. The van der Waals surface area contributed by atoms with Gasteiger partial charge < -0.3 is 10.2 Å². The number of nitrogens with one attached hydrogen (secondary N) is 1. The molecular weight excluding hydrogens is 301 g/mol. The van der Waals surface area contributed by atoms with Crippen molar-refractivity contribution >= 4 is 12.0 Å². The Kier molecular flexibility index (Phi) is 8.99. The molecular formula is C20H26FN3. The lowest BCUT2D eigenvalue weighted by molar-refractivity contribution is 0.497. The van der Waals surface area contributed by atoms with Crippen LogP contribution < -0.4 is 10.2 Å². The number of allylic oxidation sites excluding steroid dienone is 4. The molecule has 0 bridgehead atoms. The van der Waals surface area contributed by atoms with Crippen LogP contribution >= 0.6 is 0 Å². The first-order valence-corrected chi connectivity index (χ1v) is 8.06. The molecule has 0 heterocycles. The predicted molar refractivity (Wildman–Crippen MR) is 102 cm³/mol. The van der Waals surface area contributed by atoms with Gasteiger partial charge >= 0.3 is 0 Å². The fourth-order valence-corrected chi connectivity index (χ4v) is 1.95. The molecule has 0 radical (unpaired) electrons. The summed E-state index contributed by atoms with van der Waals surface area (Å²) in [5, 5.41) is 3.11. The highest BCUT2D eigenvalue weighted by molar-refractivity contribution is 5.61. The predicted octanol–water partition coefficient (Wildman–Crippen LogP) is 3.93. The molecule has 0 aliphatic carbocycles. The molecule has 0 unspecified atom stereocenters. The van der Waals surface area contributed by atoms with Gasteiger partial charge in [0.15, 0.2) is 0 Å². The van der Waals surface area contributed by atoms with E-state index in [9.17, 15) is 4.39 Å². The zero-order valence-electron chi connectivity index (χ0n) is 14.9. The summed E-state index contributed by atoms with van der Waals surface area (Å²) in [4.78, 5) is 5.82. The Bertz CT molecular complexity index is 646. The summed E-state index contributed by atoms with van der Waals surface area (Å²) in [6.07, 6.45) is 6.75. The number of hydrogen-bond donors (Lipinski definition) is 1. The van der Waals surface area contributed by atoms with Gasteiger partial charge in [0.2, 0.25) is 0 Å². The third-order valence-corrected chi connectivity index (χ3v) is 3.40. The van der Waals surface area contributed by atoms with E-state index in [-0.39, 0.29) is 6.67 Å². The van der Waals surface area contributed by atoms with Crippen molar-refractivity contribution in [3.63, 3.8) is 0 Å². The first-order valence-electron chi connectivity index (χ1n) is 8.06. The monoisotopic (exact) mass is 327 g/mol. The number of aliphatic imine (C=N–C) groups is 1. The van der Waals surface area contributed by atoms with E-state index in [1.807, 2.05) is 43.1 Å². The minimum Gasteiger partial charge on any atom is -0.372 e. The summed E-state index contributed by atoms with van der Waals surface area (Å²) < 4.78 is 12.4. The molecule has 1 aromatic carbocycles. The average molecular weight is 327 g/mol. The van der Waals surface area contributed by atoms with Gasteiger partial charge in [-0.2, -0.15) is 0 Å². The number of benzene rings is 1. The van der Waals surface area contributed by atoms with Gasteiger partial charge in [-0.1, -0.05) is 25.0 Å². The average Bonchev–Trinajstić information content (AvgIpc) is 2.60. The van der Waals surface area contributed by atoms with E-state index in [2.05, 4.69) is 41.2 Å². The quantitative estimate of drug-likeness (QED) is 0.356. The maximum atomic E-state index is 12.4. The van der Waals surface area contributed by atoms with Crippen LogP contribution in [0.25, 0.3) is 0 Å². The third kappa shape index (κ3) is 6.70. The zero-order valence-corrected chi connectivity index (χ0v) is 14.9. The Morgan fingerprint density at radius 1 is 1.33 bits per heavy atom. The molecule has 1 rings (SSSR count). The minimum atomic E-state index is -0.360. The van der Waals surface area contributed by atoms with Gasteiger partial charge in [-0.15, -0.1) is 0 Å². The molecule has 24 heavy (non-hydrogen) atoms. The lowest BCUT2D eigenvalue weighted by atomic mass is 10.1. The van der Waals surface area contributed by atoms with E-state index >= 15 is 0 Å². The number of alkyl halides is 1. The second kappa shape index (κ2) is 11.1. The van der Waals surface area contributed by atoms with Gasteiger partial charge in [0.05, 0.1) is 12.0 Å². The molecule has 0 atom stereocenters. The Balaban J connectivity index is 2.97. The van der Waals surface area contributed by atoms with Crippen molar-refractivity contribution in [3.05, 3.63) is 53.3 Å². The summed E-state index contributed by atoms with van der Waals surface area (Å²) in [5.41, 5.74) is 3.77. The Morgan fingerprint density at radius 2 is 2.04 bits per heavy atom. The Morgan fingerprint density at radius 3 is 2.62 bits per heavy atom. The topological polar surface area (TPSA) is 27.6 Å². The summed E-state index contributed by atoms with van der Waals surface area (Å²) in [6.45, 7) is 4.14. The summed E-state index contributed by atoms with van der Waals surface area (Å²) in [5.74, 6) is 6.31. The first kappa shape index (κ1) is 19.5. The maximum absolute atomic E-state index is 12.4. The van der Waals surface area contributed by atoms with Crippen molar-refractivity contribution in [2.45, 2.75) is 20.3 Å². The van der Waals surface area contributed by atoms with Crippen molar-refractivity contribution < 1.29 is 4.39 Å². The molecule has 0 saturated heterocycles. The Hall–Kier alpha value is -2.54. The number of anilines is 1. The molecule has 3 nitrogen and oxygen atoms in total. The smallest absolute Gasteiger partial charge is 0.107 e. The van der Waals surface area contributed by atoms with E-state index < -0.39 is 0 Å². The SMILES string of the molecule is CC/C=C/C(C)=C(/C#Cc1ccc(N(C)CCF)cc1)NC=NC. The van der Waals surface area contributed by atoms with Gasteiger partial charge in [-0.25, -0.2) is 4.39 Å². The molecule has 1 N–H and O–H groups in total. The molecule has 0 fully saturated rings. The lowest BCUT2D eigenvalue weighted by Gasteiger charge is -2.17. The van der Waals surface area contributed by atoms with Crippen LogP contribution in [0.4, 0.5) is 10.1 Å². The van der Waals surface area contributed by atoms with Crippen LogP contribution in [0.5, 0.6) is 0 Å². The molecule has 1 aromatic rings. The molecule has 4 heteroatoms. The number of halogens is 1. The van der Waals surface area contributed by atoms with E-state index in [1.165, 1.54) is 0 Å². The molecule has 0 aliphatic heterocycles. The Labute approximate surface area is 145 Å². The van der Waals surface area contributed by atoms with Crippen molar-refractivity contribution in [3.8, 4) is 11.8 Å². The molecule has 0 spiro atoms. The van der Waals surface area contributed by atoms with Gasteiger partial charge in [0.25, 0.3) is 0 Å². The second-order valence-corrected chi connectivity index (χ2v) is 5.31. The van der Waals surface area contributed by atoms with E-state index in [1.54, 1.807) is 13.4 Å². The lowest BCUT2D eigenvalue weighted by Crippen LogP contribution is -2.19. The zero-order chi connectivity index (χ0) is 17.8. The van der Waals surface area contributed by atoms with Crippen molar-refractivity contribution in [2.75, 3.05) is 32.2 Å². The van der Waals surface area contributed by atoms with Gasteiger partial charge in [-0.3, -0.25) is 4.99 Å². The van der Waals surface area contributed by atoms with Crippen molar-refractivity contribution in [1.82, 2.24) is 5.32 Å². The number of rotatable bonds is 7. The van der Waals surface area contributed by atoms with Crippen LogP contribution in [0.15, 0.2) is 52.7 Å². The minimum absolute atomic E-state index is 0.360. The van der Waals surface area contributed by atoms with Gasteiger partial charge in [0.1, 0.15) is 6.67 Å². The highest BCUT2D eigenvalue weighted by atomic mass is 19.1. The van der Waals surface area contributed by atoms with Crippen molar-refractivity contribution in [1.29, 1.82) is 0 Å². The fraction of sp³-hybridized carbons (Fsp3) is 0.350. The summed E-state index contributed by atoms with van der Waals surface area (Å²) in [7, 11) is 3.58. The third-order valence-electron chi connectivity index (χ3n) is 3.40. The van der Waals surface area contributed by atoms with Crippen LogP contribution in [0.2, 0.25) is 0 Å². The number of hydrogen-bond acceptors (Lipinski definition) is 2. The largest absolute Gasteiger partial charge is 0.372 e. The summed E-state index contributed by atoms with van der Waals surface area (Å²) in [6, 6.07) is 7.79. The fourth-order valence-electron chi connectivity index (χ4n) is 1.95. The first-order chi connectivity index (χ1) is 11.6. The van der Waals surface area contributed by atoms with E-state index in [0.29, 0.717) is 6.54 Å². The van der Waals surface area contributed by atoms with Crippen molar-refractivity contribution in [2.24, 2.45) is 4.99 Å². The second-order valence-electron chi connectivity index (χ2n) is 5.31. The molecule has 0 saturated carbocycles. The highest BCUT2D eigenvalue weighted by Crippen LogP contribution is 2.13. The van der Waals surface area contributed by atoms with Crippen LogP contribution in [0, 0.1) is 11.8 Å². The molecule has 0 aromatic heterocycles. The highest BCUT2D eigenvalue weighted by Gasteiger charge is 1.99. The normalized spacial score (nSPS) is 12.0. The van der Waals surface area contributed by atoms with E-state index in [0.717, 1.165) is 28.9 Å². The van der Waals surface area contributed by atoms with Crippen LogP contribution in [0.1, 0.15) is 25.8 Å². The van der Waals surface area contributed by atoms with Crippen LogP contribution in [-0.2, 0) is 0 Å².